The fourth-order valence-corrected chi connectivity index (χ4v) is 1.36. The van der Waals surface area contributed by atoms with Crippen LogP contribution in [0, 0.1) is 0 Å². The molecule has 0 fully saturated rings. The molecule has 0 amide bonds. The smallest absolute Gasteiger partial charge is 0.435 e. The van der Waals surface area contributed by atoms with Crippen LogP contribution in [0.1, 0.15) is 16.2 Å². The summed E-state index contributed by atoms with van der Waals surface area (Å²) in [5.74, 6) is -0.777. The number of methoxy groups -OCH3 is 1. The van der Waals surface area contributed by atoms with Crippen molar-refractivity contribution in [2.24, 2.45) is 0 Å². The standard InChI is InChI=1S/C10H8F3N5O2/c1-20-9(19)8-5(14)4-18(17-8)7-3-2-6(15-16-7)10(11,12)13/h2-4H,14H2,1H3. The van der Waals surface area contributed by atoms with Gasteiger partial charge in [-0.3, -0.25) is 0 Å². The second-order valence-corrected chi connectivity index (χ2v) is 3.64. The maximum Gasteiger partial charge on any atom is 0.435 e. The van der Waals surface area contributed by atoms with Gasteiger partial charge in [-0.15, -0.1) is 10.2 Å². The molecule has 0 aromatic carbocycles. The lowest BCUT2D eigenvalue weighted by atomic mass is 10.4. The lowest BCUT2D eigenvalue weighted by molar-refractivity contribution is -0.141. The fourth-order valence-electron chi connectivity index (χ4n) is 1.36. The van der Waals surface area contributed by atoms with Crippen molar-refractivity contribution in [1.82, 2.24) is 20.0 Å². The van der Waals surface area contributed by atoms with Crippen LogP contribution in [0.3, 0.4) is 0 Å². The van der Waals surface area contributed by atoms with E-state index in [-0.39, 0.29) is 17.2 Å². The van der Waals surface area contributed by atoms with E-state index in [0.29, 0.717) is 0 Å². The molecule has 0 unspecified atom stereocenters. The minimum atomic E-state index is -4.58. The average Bonchev–Trinajstić information content (AvgIpc) is 2.79. The Labute approximate surface area is 110 Å². The molecule has 2 heterocycles. The van der Waals surface area contributed by atoms with Gasteiger partial charge < -0.3 is 10.5 Å². The zero-order chi connectivity index (χ0) is 14.9. The Morgan fingerprint density at radius 3 is 2.55 bits per heavy atom. The molecule has 10 heteroatoms. The molecule has 2 aromatic rings. The lowest BCUT2D eigenvalue weighted by Crippen LogP contribution is -2.11. The molecule has 20 heavy (non-hydrogen) atoms. The number of nitrogen functional groups attached to an aromatic ring is 1. The molecule has 0 aliphatic rings. The number of carbonyl (C=O) groups is 1. The number of nitrogens with two attached hydrogens (primary N) is 1. The highest BCUT2D eigenvalue weighted by Gasteiger charge is 2.33. The molecular weight excluding hydrogens is 279 g/mol. The van der Waals surface area contributed by atoms with E-state index in [0.717, 1.165) is 23.9 Å². The first-order valence-electron chi connectivity index (χ1n) is 5.17. The van der Waals surface area contributed by atoms with Gasteiger partial charge in [0.25, 0.3) is 0 Å². The Morgan fingerprint density at radius 2 is 2.05 bits per heavy atom. The Bertz CT molecular complexity index is 635. The summed E-state index contributed by atoms with van der Waals surface area (Å²) in [6, 6.07) is 1.81. The summed E-state index contributed by atoms with van der Waals surface area (Å²) in [6.45, 7) is 0. The predicted octanol–water partition coefficient (Wildman–Crippen LogP) is 1.05. The first-order chi connectivity index (χ1) is 9.32. The number of alkyl halides is 3. The molecule has 0 saturated heterocycles. The van der Waals surface area contributed by atoms with Crippen molar-refractivity contribution >= 4 is 11.7 Å². The number of halogens is 3. The van der Waals surface area contributed by atoms with Crippen molar-refractivity contribution in [3.63, 3.8) is 0 Å². The summed E-state index contributed by atoms with van der Waals surface area (Å²) < 4.78 is 42.5. The Kier molecular flexibility index (Phi) is 3.30. The third-order valence-corrected chi connectivity index (χ3v) is 2.30. The van der Waals surface area contributed by atoms with Gasteiger partial charge in [-0.25, -0.2) is 9.48 Å². The van der Waals surface area contributed by atoms with Crippen LogP contribution in [-0.2, 0) is 10.9 Å². The van der Waals surface area contributed by atoms with Crippen LogP contribution in [0.2, 0.25) is 0 Å². The van der Waals surface area contributed by atoms with Crippen molar-refractivity contribution in [3.05, 3.63) is 29.7 Å². The number of hydrogen-bond donors (Lipinski definition) is 1. The number of anilines is 1. The molecule has 0 aliphatic heterocycles. The van der Waals surface area contributed by atoms with Gasteiger partial charge >= 0.3 is 12.1 Å². The number of ether oxygens (including phenoxy) is 1. The quantitative estimate of drug-likeness (QED) is 0.829. The number of rotatable bonds is 2. The SMILES string of the molecule is COC(=O)c1nn(-c2ccc(C(F)(F)F)nn2)cc1N. The van der Waals surface area contributed by atoms with E-state index in [2.05, 4.69) is 20.0 Å². The largest absolute Gasteiger partial charge is 0.464 e. The van der Waals surface area contributed by atoms with Crippen molar-refractivity contribution in [3.8, 4) is 5.82 Å². The molecule has 2 aromatic heterocycles. The highest BCUT2D eigenvalue weighted by Crippen LogP contribution is 2.27. The highest BCUT2D eigenvalue weighted by molar-refractivity contribution is 5.92. The van der Waals surface area contributed by atoms with Crippen LogP contribution < -0.4 is 5.73 Å². The second-order valence-electron chi connectivity index (χ2n) is 3.64. The van der Waals surface area contributed by atoms with Crippen molar-refractivity contribution < 1.29 is 22.7 Å². The van der Waals surface area contributed by atoms with Gasteiger partial charge in [-0.2, -0.15) is 18.3 Å². The number of nitrogens with zero attached hydrogens (tertiary/aromatic N) is 4. The molecular formula is C10H8F3N5O2. The lowest BCUT2D eigenvalue weighted by Gasteiger charge is -2.04. The van der Waals surface area contributed by atoms with Gasteiger partial charge in [0.2, 0.25) is 0 Å². The summed E-state index contributed by atoms with van der Waals surface area (Å²) in [5, 5.41) is 10.2. The van der Waals surface area contributed by atoms with Crippen molar-refractivity contribution in [2.45, 2.75) is 6.18 Å². The minimum Gasteiger partial charge on any atom is -0.464 e. The zero-order valence-corrected chi connectivity index (χ0v) is 10.0. The number of carbonyl (C=O) groups excluding carboxylic acids is 1. The van der Waals surface area contributed by atoms with E-state index in [1.807, 2.05) is 0 Å². The number of aromatic nitrogens is 4. The van der Waals surface area contributed by atoms with Crippen LogP contribution in [0.15, 0.2) is 18.3 Å². The summed E-state index contributed by atoms with van der Waals surface area (Å²) in [4.78, 5) is 11.3. The van der Waals surface area contributed by atoms with Crippen LogP contribution in [0.5, 0.6) is 0 Å². The van der Waals surface area contributed by atoms with Gasteiger partial charge in [0, 0.05) is 0 Å². The van der Waals surface area contributed by atoms with Crippen molar-refractivity contribution in [1.29, 1.82) is 0 Å². The normalized spacial score (nSPS) is 11.4. The van der Waals surface area contributed by atoms with Gasteiger partial charge in [0.15, 0.2) is 17.2 Å². The molecule has 0 saturated carbocycles. The third kappa shape index (κ3) is 2.53. The fraction of sp³-hybridized carbons (Fsp3) is 0.200. The van der Waals surface area contributed by atoms with Gasteiger partial charge in [0.1, 0.15) is 0 Å². The number of esters is 1. The van der Waals surface area contributed by atoms with Crippen LogP contribution >= 0.6 is 0 Å². The Hall–Kier alpha value is -2.65. The van der Waals surface area contributed by atoms with Gasteiger partial charge in [-0.1, -0.05) is 0 Å². The molecule has 2 rings (SSSR count). The zero-order valence-electron chi connectivity index (χ0n) is 10.0. The molecule has 0 aliphatic carbocycles. The molecule has 7 nitrogen and oxygen atoms in total. The molecule has 106 valence electrons. The van der Waals surface area contributed by atoms with Crippen molar-refractivity contribution in [2.75, 3.05) is 12.8 Å². The van der Waals surface area contributed by atoms with Gasteiger partial charge in [0.05, 0.1) is 19.0 Å². The first kappa shape index (κ1) is 13.8. The Morgan fingerprint density at radius 1 is 1.35 bits per heavy atom. The van der Waals surface area contributed by atoms with Gasteiger partial charge in [-0.05, 0) is 12.1 Å². The third-order valence-electron chi connectivity index (χ3n) is 2.30. The van der Waals surface area contributed by atoms with E-state index < -0.39 is 17.8 Å². The van der Waals surface area contributed by atoms with Crippen LogP contribution in [-0.4, -0.2) is 33.1 Å². The monoisotopic (exact) mass is 287 g/mol. The average molecular weight is 287 g/mol. The van der Waals surface area contributed by atoms with E-state index in [1.54, 1.807) is 0 Å². The van der Waals surface area contributed by atoms with Crippen LogP contribution in [0.25, 0.3) is 5.82 Å². The first-order valence-corrected chi connectivity index (χ1v) is 5.17. The van der Waals surface area contributed by atoms with E-state index in [1.165, 1.54) is 6.20 Å². The van der Waals surface area contributed by atoms with E-state index in [9.17, 15) is 18.0 Å². The number of hydrogen-bond acceptors (Lipinski definition) is 6. The van der Waals surface area contributed by atoms with Crippen LogP contribution in [0.4, 0.5) is 18.9 Å². The summed E-state index contributed by atoms with van der Waals surface area (Å²) in [6.07, 6.45) is -3.35. The molecule has 0 bridgehead atoms. The minimum absolute atomic E-state index is 0.0125. The van der Waals surface area contributed by atoms with E-state index >= 15 is 0 Å². The molecule has 0 spiro atoms. The maximum atomic E-state index is 12.3. The molecule has 0 atom stereocenters. The Balaban J connectivity index is 2.35. The van der Waals surface area contributed by atoms with E-state index in [4.69, 9.17) is 5.73 Å². The summed E-state index contributed by atoms with van der Waals surface area (Å²) >= 11 is 0. The molecule has 2 N–H and O–H groups in total. The summed E-state index contributed by atoms with van der Waals surface area (Å²) in [7, 11) is 1.15. The predicted molar refractivity (Wildman–Crippen MR) is 59.9 cm³/mol. The second kappa shape index (κ2) is 4.79. The summed E-state index contributed by atoms with van der Waals surface area (Å²) in [5.41, 5.74) is 4.27. The highest BCUT2D eigenvalue weighted by atomic mass is 19.4. The maximum absolute atomic E-state index is 12.3. The topological polar surface area (TPSA) is 95.9 Å². The molecule has 0 radical (unpaired) electrons.